The highest BCUT2D eigenvalue weighted by Crippen LogP contribution is 2.27. The molecule has 0 aliphatic heterocycles. The molecule has 0 unspecified atom stereocenters. The number of ether oxygens (including phenoxy) is 1. The monoisotopic (exact) mass is 330 g/mol. The molecule has 0 atom stereocenters. The molecule has 5 heteroatoms. The van der Waals surface area contributed by atoms with Gasteiger partial charge in [-0.05, 0) is 38.1 Å². The Bertz CT molecular complexity index is 905. The topological polar surface area (TPSA) is 44.9 Å². The zero-order chi connectivity index (χ0) is 17.2. The first-order chi connectivity index (χ1) is 12.2. The molecule has 0 saturated carbocycles. The number of benzene rings is 2. The minimum absolute atomic E-state index is 0.654. The zero-order valence-electron chi connectivity index (χ0n) is 14.1. The van der Waals surface area contributed by atoms with Crippen LogP contribution in [0.25, 0.3) is 11.4 Å². The van der Waals surface area contributed by atoms with Gasteiger partial charge in [-0.15, -0.1) is 0 Å². The van der Waals surface area contributed by atoms with Gasteiger partial charge in [-0.25, -0.2) is 9.36 Å². The van der Waals surface area contributed by atoms with Crippen LogP contribution in [-0.4, -0.2) is 19.6 Å². The number of para-hydroxylation sites is 2. The maximum Gasteiger partial charge on any atom is 0.224 e. The molecule has 0 spiro atoms. The first kappa shape index (κ1) is 15.2. The number of nitrogens with zero attached hydrogens (tertiary/aromatic N) is 4. The first-order valence-corrected chi connectivity index (χ1v) is 8.13. The summed E-state index contributed by atoms with van der Waals surface area (Å²) in [6.45, 7) is 3.90. The van der Waals surface area contributed by atoms with Gasteiger partial charge in [0.15, 0.2) is 0 Å². The summed E-state index contributed by atoms with van der Waals surface area (Å²) < 4.78 is 9.79. The van der Waals surface area contributed by atoms with E-state index in [1.165, 1.54) is 0 Å². The van der Waals surface area contributed by atoms with E-state index in [1.807, 2.05) is 86.6 Å². The van der Waals surface area contributed by atoms with Gasteiger partial charge in [0.05, 0.1) is 22.8 Å². The third kappa shape index (κ3) is 3.04. The van der Waals surface area contributed by atoms with Crippen LogP contribution in [-0.2, 0) is 0 Å². The van der Waals surface area contributed by atoms with Crippen molar-refractivity contribution < 1.29 is 4.74 Å². The third-order valence-corrected chi connectivity index (χ3v) is 3.81. The number of aryl methyl sites for hydroxylation is 2. The molecule has 2 aromatic carbocycles. The average Bonchev–Trinajstić information content (AvgIpc) is 3.19. The molecule has 0 amide bonds. The van der Waals surface area contributed by atoms with E-state index in [2.05, 4.69) is 10.2 Å². The van der Waals surface area contributed by atoms with Crippen molar-refractivity contribution in [3.63, 3.8) is 0 Å². The van der Waals surface area contributed by atoms with Crippen LogP contribution in [0.1, 0.15) is 11.4 Å². The van der Waals surface area contributed by atoms with Crippen molar-refractivity contribution in [1.29, 1.82) is 0 Å². The van der Waals surface area contributed by atoms with Crippen molar-refractivity contribution in [2.45, 2.75) is 13.8 Å². The molecule has 124 valence electrons. The van der Waals surface area contributed by atoms with Gasteiger partial charge in [-0.1, -0.05) is 36.4 Å². The van der Waals surface area contributed by atoms with Crippen LogP contribution >= 0.6 is 0 Å². The van der Waals surface area contributed by atoms with Gasteiger partial charge in [0.1, 0.15) is 0 Å². The Kier molecular flexibility index (Phi) is 3.82. The lowest BCUT2D eigenvalue weighted by Crippen LogP contribution is -2.03. The second kappa shape index (κ2) is 6.28. The Hall–Kier alpha value is -3.34. The van der Waals surface area contributed by atoms with Gasteiger partial charge in [0.25, 0.3) is 0 Å². The van der Waals surface area contributed by atoms with E-state index in [1.54, 1.807) is 9.36 Å². The number of aromatic nitrogens is 4. The van der Waals surface area contributed by atoms with E-state index in [-0.39, 0.29) is 0 Å². The zero-order valence-corrected chi connectivity index (χ0v) is 14.1. The minimum atomic E-state index is 0.654. The molecule has 0 aliphatic carbocycles. The number of rotatable bonds is 4. The summed E-state index contributed by atoms with van der Waals surface area (Å²) in [5.74, 6) is 1.31. The Morgan fingerprint density at radius 1 is 0.640 bits per heavy atom. The van der Waals surface area contributed by atoms with Crippen LogP contribution in [0, 0.1) is 13.8 Å². The highest BCUT2D eigenvalue weighted by Gasteiger charge is 2.14. The van der Waals surface area contributed by atoms with Crippen LogP contribution in [0.15, 0.2) is 72.8 Å². The van der Waals surface area contributed by atoms with Gasteiger partial charge in [-0.2, -0.15) is 10.2 Å². The fraction of sp³-hybridized carbons (Fsp3) is 0.100. The van der Waals surface area contributed by atoms with Crippen molar-refractivity contribution in [2.75, 3.05) is 0 Å². The van der Waals surface area contributed by atoms with Gasteiger partial charge < -0.3 is 4.74 Å². The predicted octanol–water partition coefficient (Wildman–Crippen LogP) is 4.47. The van der Waals surface area contributed by atoms with Gasteiger partial charge in [-0.3, -0.25) is 0 Å². The molecule has 0 bridgehead atoms. The average molecular weight is 330 g/mol. The van der Waals surface area contributed by atoms with Crippen LogP contribution in [0.3, 0.4) is 0 Å². The summed E-state index contributed by atoms with van der Waals surface area (Å²) >= 11 is 0. The Morgan fingerprint density at radius 2 is 1.04 bits per heavy atom. The molecule has 25 heavy (non-hydrogen) atoms. The Labute approximate surface area is 146 Å². The Balaban J connectivity index is 1.75. The highest BCUT2D eigenvalue weighted by molar-refractivity contribution is 5.40. The minimum Gasteiger partial charge on any atom is -0.420 e. The summed E-state index contributed by atoms with van der Waals surface area (Å²) in [5.41, 5.74) is 3.68. The van der Waals surface area contributed by atoms with Crippen molar-refractivity contribution in [2.24, 2.45) is 0 Å². The second-order valence-electron chi connectivity index (χ2n) is 5.84. The molecule has 2 heterocycles. The summed E-state index contributed by atoms with van der Waals surface area (Å²) in [7, 11) is 0. The normalized spacial score (nSPS) is 10.8. The molecule has 2 aromatic heterocycles. The summed E-state index contributed by atoms with van der Waals surface area (Å²) in [5, 5.41) is 9.10. The molecule has 5 nitrogen and oxygen atoms in total. The fourth-order valence-electron chi connectivity index (χ4n) is 2.71. The molecule has 4 rings (SSSR count). The first-order valence-electron chi connectivity index (χ1n) is 8.13. The molecular formula is C20H18N4O. The van der Waals surface area contributed by atoms with Crippen molar-refractivity contribution in [1.82, 2.24) is 19.6 Å². The molecule has 0 saturated heterocycles. The van der Waals surface area contributed by atoms with Gasteiger partial charge in [0.2, 0.25) is 11.8 Å². The van der Waals surface area contributed by atoms with E-state index < -0.39 is 0 Å². The van der Waals surface area contributed by atoms with E-state index in [4.69, 9.17) is 4.74 Å². The largest absolute Gasteiger partial charge is 0.420 e. The third-order valence-electron chi connectivity index (χ3n) is 3.81. The van der Waals surface area contributed by atoms with Crippen LogP contribution in [0.4, 0.5) is 0 Å². The number of hydrogen-bond donors (Lipinski definition) is 0. The van der Waals surface area contributed by atoms with Crippen molar-refractivity contribution in [3.8, 4) is 23.1 Å². The van der Waals surface area contributed by atoms with E-state index in [0.29, 0.717) is 11.8 Å². The fourth-order valence-corrected chi connectivity index (χ4v) is 2.71. The van der Waals surface area contributed by atoms with Crippen molar-refractivity contribution >= 4 is 0 Å². The maximum atomic E-state index is 6.19. The van der Waals surface area contributed by atoms with E-state index in [9.17, 15) is 0 Å². The van der Waals surface area contributed by atoms with Gasteiger partial charge >= 0.3 is 0 Å². The summed E-state index contributed by atoms with van der Waals surface area (Å²) in [6, 6.07) is 23.7. The molecule has 4 aromatic rings. The van der Waals surface area contributed by atoms with Gasteiger partial charge in [0, 0.05) is 12.1 Å². The Morgan fingerprint density at radius 3 is 1.44 bits per heavy atom. The quantitative estimate of drug-likeness (QED) is 0.555. The summed E-state index contributed by atoms with van der Waals surface area (Å²) in [4.78, 5) is 0. The standard InChI is InChI=1S/C20H18N4O/c1-15-13-19(23(21-15)17-9-5-3-6-10-17)25-20-14-16(2)22-24(20)18-11-7-4-8-12-18/h3-14H,1-2H3. The molecule has 0 N–H and O–H groups in total. The lowest BCUT2D eigenvalue weighted by Gasteiger charge is -2.10. The van der Waals surface area contributed by atoms with Crippen LogP contribution in [0.2, 0.25) is 0 Å². The molecule has 0 fully saturated rings. The summed E-state index contributed by atoms with van der Waals surface area (Å²) in [6.07, 6.45) is 0. The highest BCUT2D eigenvalue weighted by atomic mass is 16.5. The number of hydrogen-bond acceptors (Lipinski definition) is 3. The van der Waals surface area contributed by atoms with Crippen LogP contribution < -0.4 is 4.74 Å². The maximum absolute atomic E-state index is 6.19. The van der Waals surface area contributed by atoms with Crippen LogP contribution in [0.5, 0.6) is 11.8 Å². The molecular weight excluding hydrogens is 312 g/mol. The second-order valence-corrected chi connectivity index (χ2v) is 5.84. The predicted molar refractivity (Wildman–Crippen MR) is 96.7 cm³/mol. The smallest absolute Gasteiger partial charge is 0.224 e. The lowest BCUT2D eigenvalue weighted by molar-refractivity contribution is 0.413. The lowest BCUT2D eigenvalue weighted by atomic mass is 10.3. The van der Waals surface area contributed by atoms with E-state index in [0.717, 1.165) is 22.8 Å². The molecule has 0 aliphatic rings. The van der Waals surface area contributed by atoms with Crippen molar-refractivity contribution in [3.05, 3.63) is 84.2 Å². The SMILES string of the molecule is Cc1cc(Oc2cc(C)nn2-c2ccccc2)n(-c2ccccc2)n1. The van der Waals surface area contributed by atoms with E-state index >= 15 is 0 Å². The molecule has 0 radical (unpaired) electrons.